The highest BCUT2D eigenvalue weighted by molar-refractivity contribution is 6.04. The van der Waals surface area contributed by atoms with Crippen molar-refractivity contribution in [1.29, 1.82) is 0 Å². The lowest BCUT2D eigenvalue weighted by Gasteiger charge is -2.16. The van der Waals surface area contributed by atoms with Crippen LogP contribution in [0.5, 0.6) is 17.2 Å². The number of hydrogen-bond acceptors (Lipinski definition) is 10. The van der Waals surface area contributed by atoms with Gasteiger partial charge in [0, 0.05) is 52.1 Å². The number of carbonyl (C=O) groups excluding carboxylic acids is 2. The van der Waals surface area contributed by atoms with Crippen molar-refractivity contribution >= 4 is 17.6 Å². The molecule has 3 heterocycles. The van der Waals surface area contributed by atoms with Gasteiger partial charge in [-0.2, -0.15) is 10.1 Å². The van der Waals surface area contributed by atoms with Gasteiger partial charge in [0.25, 0.3) is 5.91 Å². The Kier molecular flexibility index (Phi) is 7.97. The Morgan fingerprint density at radius 2 is 1.92 bits per heavy atom. The van der Waals surface area contributed by atoms with E-state index in [1.54, 1.807) is 75.5 Å². The average Bonchev–Trinajstić information content (AvgIpc) is 3.53. The zero-order chi connectivity index (χ0) is 27.2. The first kappa shape index (κ1) is 26.3. The number of rotatable bonds is 10. The predicted molar refractivity (Wildman–Crippen MR) is 135 cm³/mol. The van der Waals surface area contributed by atoms with Crippen LogP contribution in [0.25, 0.3) is 11.5 Å². The quantitative estimate of drug-likeness (QED) is 0.330. The molecule has 0 bridgehead atoms. The van der Waals surface area contributed by atoms with E-state index in [2.05, 4.69) is 25.5 Å². The monoisotopic (exact) mass is 521 g/mol. The van der Waals surface area contributed by atoms with E-state index in [0.717, 1.165) is 0 Å². The highest BCUT2D eigenvalue weighted by Gasteiger charge is 2.19. The lowest BCUT2D eigenvalue weighted by atomic mass is 10.2. The fourth-order valence-corrected chi connectivity index (χ4v) is 3.32. The molecule has 1 atom stereocenters. The van der Waals surface area contributed by atoms with Gasteiger partial charge in [-0.05, 0) is 31.2 Å². The van der Waals surface area contributed by atoms with Crippen LogP contribution in [0.2, 0.25) is 0 Å². The number of carbonyl (C=O) groups is 2. The summed E-state index contributed by atoms with van der Waals surface area (Å²) in [6.45, 7) is 2.21. The number of amides is 2. The second-order valence-electron chi connectivity index (χ2n) is 8.51. The minimum Gasteiger partial charge on any atom is -0.488 e. The number of hydrogen-bond donors (Lipinski definition) is 1. The van der Waals surface area contributed by atoms with Crippen molar-refractivity contribution in [3.63, 3.8) is 0 Å². The molecule has 0 aliphatic rings. The maximum atomic E-state index is 12.9. The third-order valence-corrected chi connectivity index (χ3v) is 5.05. The van der Waals surface area contributed by atoms with Crippen LogP contribution in [0.4, 0.5) is 5.82 Å². The standard InChI is InChI=1S/C25H27N7O6/c1-15(14-35-5)36-18-10-16(23(33)27-21-8-9-32(4)29-21)11-19(12-18)37-17-6-7-20(26-13-17)22-28-24(38-30-22)25(34)31(2)3/h6-13,15H,14H2,1-5H3,(H,27,29,33)/t15-/m0/s1. The molecule has 0 fully saturated rings. The molecule has 13 heteroatoms. The van der Waals surface area contributed by atoms with Crippen LogP contribution in [-0.2, 0) is 11.8 Å². The summed E-state index contributed by atoms with van der Waals surface area (Å²) in [5.74, 6) is 0.816. The molecule has 0 saturated carbocycles. The fraction of sp³-hybridized carbons (Fsp3) is 0.280. The van der Waals surface area contributed by atoms with Gasteiger partial charge in [0.05, 0.1) is 12.8 Å². The van der Waals surface area contributed by atoms with E-state index in [1.807, 2.05) is 6.92 Å². The molecule has 2 amide bonds. The zero-order valence-corrected chi connectivity index (χ0v) is 21.5. The van der Waals surface area contributed by atoms with Gasteiger partial charge in [0.15, 0.2) is 5.82 Å². The van der Waals surface area contributed by atoms with Crippen molar-refractivity contribution in [1.82, 2.24) is 29.8 Å². The Morgan fingerprint density at radius 3 is 2.58 bits per heavy atom. The SMILES string of the molecule is COC[C@H](C)Oc1cc(Oc2ccc(-c3noc(C(=O)N(C)C)n3)nc2)cc(C(=O)Nc2ccn(C)n2)c1. The predicted octanol–water partition coefficient (Wildman–Crippen LogP) is 3.03. The number of aromatic nitrogens is 5. The van der Waals surface area contributed by atoms with Crippen LogP contribution < -0.4 is 14.8 Å². The molecule has 1 N–H and O–H groups in total. The van der Waals surface area contributed by atoms with Gasteiger partial charge in [-0.3, -0.25) is 14.3 Å². The second-order valence-corrected chi connectivity index (χ2v) is 8.51. The van der Waals surface area contributed by atoms with Gasteiger partial charge < -0.3 is 29.0 Å². The molecule has 0 radical (unpaired) electrons. The summed E-state index contributed by atoms with van der Waals surface area (Å²) >= 11 is 0. The first-order valence-electron chi connectivity index (χ1n) is 11.5. The molecule has 3 aromatic heterocycles. The molecule has 38 heavy (non-hydrogen) atoms. The fourth-order valence-electron chi connectivity index (χ4n) is 3.32. The van der Waals surface area contributed by atoms with E-state index >= 15 is 0 Å². The van der Waals surface area contributed by atoms with Gasteiger partial charge >= 0.3 is 11.8 Å². The Hall–Kier alpha value is -4.78. The molecular formula is C25H27N7O6. The van der Waals surface area contributed by atoms with Crippen LogP contribution in [0, 0.1) is 0 Å². The van der Waals surface area contributed by atoms with Gasteiger partial charge in [0.2, 0.25) is 5.82 Å². The number of aryl methyl sites for hydroxylation is 1. The van der Waals surface area contributed by atoms with Gasteiger partial charge in [-0.15, -0.1) is 0 Å². The number of ether oxygens (including phenoxy) is 3. The van der Waals surface area contributed by atoms with Crippen molar-refractivity contribution in [3.8, 4) is 28.8 Å². The minimum absolute atomic E-state index is 0.136. The molecule has 4 aromatic rings. The van der Waals surface area contributed by atoms with Crippen molar-refractivity contribution < 1.29 is 28.3 Å². The second kappa shape index (κ2) is 11.5. The zero-order valence-electron chi connectivity index (χ0n) is 21.5. The van der Waals surface area contributed by atoms with E-state index in [4.69, 9.17) is 18.7 Å². The van der Waals surface area contributed by atoms with Gasteiger partial charge in [0.1, 0.15) is 29.0 Å². The first-order chi connectivity index (χ1) is 18.2. The number of benzene rings is 1. The maximum absolute atomic E-state index is 12.9. The van der Waals surface area contributed by atoms with Crippen molar-refractivity contribution in [2.24, 2.45) is 7.05 Å². The Labute approximate surface area is 218 Å². The highest BCUT2D eigenvalue weighted by Crippen LogP contribution is 2.29. The summed E-state index contributed by atoms with van der Waals surface area (Å²) in [4.78, 5) is 34.6. The van der Waals surface area contributed by atoms with Gasteiger partial charge in [-0.1, -0.05) is 5.16 Å². The number of nitrogens with one attached hydrogen (secondary N) is 1. The van der Waals surface area contributed by atoms with Crippen molar-refractivity contribution in [3.05, 3.63) is 60.2 Å². The summed E-state index contributed by atoms with van der Waals surface area (Å²) in [6, 6.07) is 9.82. The number of anilines is 1. The molecule has 0 aliphatic heterocycles. The summed E-state index contributed by atoms with van der Waals surface area (Å²) < 4.78 is 23.6. The minimum atomic E-state index is -0.409. The van der Waals surface area contributed by atoms with E-state index in [-0.39, 0.29) is 23.7 Å². The number of nitrogens with zero attached hydrogens (tertiary/aromatic N) is 6. The van der Waals surface area contributed by atoms with E-state index in [1.165, 1.54) is 11.1 Å². The average molecular weight is 522 g/mol. The summed E-state index contributed by atoms with van der Waals surface area (Å²) in [6.07, 6.45) is 2.93. The van der Waals surface area contributed by atoms with Crippen LogP contribution in [0.15, 0.2) is 53.3 Å². The largest absolute Gasteiger partial charge is 0.488 e. The van der Waals surface area contributed by atoms with Crippen LogP contribution in [0.3, 0.4) is 0 Å². The lowest BCUT2D eigenvalue weighted by Crippen LogP contribution is -2.21. The molecule has 0 aliphatic carbocycles. The third kappa shape index (κ3) is 6.50. The maximum Gasteiger partial charge on any atom is 0.316 e. The third-order valence-electron chi connectivity index (χ3n) is 5.05. The molecule has 1 aromatic carbocycles. The van der Waals surface area contributed by atoms with Gasteiger partial charge in [-0.25, -0.2) is 4.98 Å². The van der Waals surface area contributed by atoms with Crippen molar-refractivity contribution in [2.45, 2.75) is 13.0 Å². The van der Waals surface area contributed by atoms with Crippen molar-refractivity contribution in [2.75, 3.05) is 33.1 Å². The topological polar surface area (TPSA) is 147 Å². The Bertz CT molecular complexity index is 1410. The summed E-state index contributed by atoms with van der Waals surface area (Å²) in [7, 11) is 6.51. The van der Waals surface area contributed by atoms with E-state index in [9.17, 15) is 9.59 Å². The molecule has 0 spiro atoms. The Morgan fingerprint density at radius 1 is 1.13 bits per heavy atom. The van der Waals surface area contributed by atoms with Crippen LogP contribution in [-0.4, -0.2) is 75.5 Å². The van der Waals surface area contributed by atoms with E-state index < -0.39 is 5.91 Å². The molecular weight excluding hydrogens is 494 g/mol. The molecule has 198 valence electrons. The number of pyridine rings is 1. The number of methoxy groups -OCH3 is 1. The smallest absolute Gasteiger partial charge is 0.316 e. The normalized spacial score (nSPS) is 11.6. The summed E-state index contributed by atoms with van der Waals surface area (Å²) in [5.41, 5.74) is 0.696. The first-order valence-corrected chi connectivity index (χ1v) is 11.5. The lowest BCUT2D eigenvalue weighted by molar-refractivity contribution is 0.0779. The Balaban J connectivity index is 1.54. The van der Waals surface area contributed by atoms with Crippen LogP contribution >= 0.6 is 0 Å². The molecule has 4 rings (SSSR count). The molecule has 0 unspecified atom stereocenters. The van der Waals surface area contributed by atoms with E-state index in [0.29, 0.717) is 40.9 Å². The van der Waals surface area contributed by atoms with Crippen LogP contribution in [0.1, 0.15) is 28.0 Å². The molecule has 13 nitrogen and oxygen atoms in total. The highest BCUT2D eigenvalue weighted by atomic mass is 16.5. The summed E-state index contributed by atoms with van der Waals surface area (Å²) in [5, 5.41) is 10.7. The molecule has 0 saturated heterocycles.